The van der Waals surface area contributed by atoms with Gasteiger partial charge in [-0.25, -0.2) is 0 Å². The zero-order valence-electron chi connectivity index (χ0n) is 10.5. The van der Waals surface area contributed by atoms with Gasteiger partial charge in [0.1, 0.15) is 11.5 Å². The molecule has 16 heavy (non-hydrogen) atoms. The van der Waals surface area contributed by atoms with E-state index in [1.165, 1.54) is 5.56 Å². The van der Waals surface area contributed by atoms with E-state index in [4.69, 9.17) is 15.2 Å². The average Bonchev–Trinajstić information content (AvgIpc) is 2.27. The molecule has 3 heteroatoms. The van der Waals surface area contributed by atoms with Crippen molar-refractivity contribution in [2.75, 3.05) is 14.2 Å². The highest BCUT2D eigenvalue weighted by Gasteiger charge is 2.08. The third kappa shape index (κ3) is 3.14. The molecule has 1 aromatic rings. The highest BCUT2D eigenvalue weighted by Crippen LogP contribution is 2.29. The number of hydrogen-bond acceptors (Lipinski definition) is 3. The van der Waals surface area contributed by atoms with Crippen molar-refractivity contribution < 1.29 is 9.47 Å². The molecule has 1 aromatic carbocycles. The first-order chi connectivity index (χ1) is 7.58. The predicted molar refractivity (Wildman–Crippen MR) is 66.3 cm³/mol. The molecule has 90 valence electrons. The van der Waals surface area contributed by atoms with Crippen LogP contribution in [0.15, 0.2) is 12.1 Å². The summed E-state index contributed by atoms with van der Waals surface area (Å²) in [6, 6.07) is 4.33. The summed E-state index contributed by atoms with van der Waals surface area (Å²) in [7, 11) is 3.36. The molecule has 0 bridgehead atoms. The van der Waals surface area contributed by atoms with E-state index in [9.17, 15) is 0 Å². The van der Waals surface area contributed by atoms with Crippen molar-refractivity contribution in [3.63, 3.8) is 0 Å². The first-order valence-electron chi connectivity index (χ1n) is 5.55. The molecule has 0 saturated heterocycles. The number of ether oxygens (including phenoxy) is 2. The number of benzene rings is 1. The summed E-state index contributed by atoms with van der Waals surface area (Å²) in [6.45, 7) is 4.01. The maximum Gasteiger partial charge on any atom is 0.125 e. The fourth-order valence-electron chi connectivity index (χ4n) is 1.68. The third-order valence-corrected chi connectivity index (χ3v) is 2.70. The first-order valence-corrected chi connectivity index (χ1v) is 5.55. The van der Waals surface area contributed by atoms with Gasteiger partial charge in [0.05, 0.1) is 14.2 Å². The van der Waals surface area contributed by atoms with Gasteiger partial charge in [-0.3, -0.25) is 0 Å². The molecule has 0 fully saturated rings. The van der Waals surface area contributed by atoms with E-state index in [2.05, 4.69) is 12.1 Å². The van der Waals surface area contributed by atoms with Crippen molar-refractivity contribution in [1.82, 2.24) is 0 Å². The Morgan fingerprint density at radius 1 is 1.19 bits per heavy atom. The number of methoxy groups -OCH3 is 2. The molecule has 2 N–H and O–H groups in total. The van der Waals surface area contributed by atoms with Crippen LogP contribution in [0, 0.1) is 6.92 Å². The van der Waals surface area contributed by atoms with Gasteiger partial charge in [0, 0.05) is 11.6 Å². The predicted octanol–water partition coefficient (Wildman–Crippen LogP) is 2.29. The molecule has 3 nitrogen and oxygen atoms in total. The summed E-state index contributed by atoms with van der Waals surface area (Å²) < 4.78 is 10.6. The average molecular weight is 223 g/mol. The molecule has 0 aliphatic rings. The Morgan fingerprint density at radius 3 is 2.06 bits per heavy atom. The summed E-state index contributed by atoms with van der Waals surface area (Å²) in [6.07, 6.45) is 1.92. The van der Waals surface area contributed by atoms with Crippen molar-refractivity contribution in [3.05, 3.63) is 23.3 Å². The molecule has 0 amide bonds. The number of rotatable bonds is 5. The highest BCUT2D eigenvalue weighted by molar-refractivity contribution is 5.47. The van der Waals surface area contributed by atoms with E-state index >= 15 is 0 Å². The molecule has 0 unspecified atom stereocenters. The molecule has 0 spiro atoms. The van der Waals surface area contributed by atoms with E-state index in [1.54, 1.807) is 14.2 Å². The van der Waals surface area contributed by atoms with Gasteiger partial charge in [-0.05, 0) is 44.4 Å². The lowest BCUT2D eigenvalue weighted by Gasteiger charge is -2.13. The normalized spacial score (nSPS) is 12.3. The van der Waals surface area contributed by atoms with E-state index in [0.29, 0.717) is 0 Å². The molecular formula is C13H21NO2. The molecule has 0 aromatic heterocycles. The molecule has 0 radical (unpaired) electrons. The van der Waals surface area contributed by atoms with Crippen LogP contribution in [-0.2, 0) is 6.42 Å². The van der Waals surface area contributed by atoms with Gasteiger partial charge in [0.15, 0.2) is 0 Å². The number of nitrogens with two attached hydrogens (primary N) is 1. The molecule has 1 atom stereocenters. The van der Waals surface area contributed by atoms with Crippen LogP contribution in [0.1, 0.15) is 24.5 Å². The van der Waals surface area contributed by atoms with E-state index in [1.807, 2.05) is 13.8 Å². The standard InChI is InChI=1S/C13H21NO2/c1-9(14)5-6-11-7-12(15-3)10(2)13(8-11)16-4/h7-9H,5-6,14H2,1-4H3/t9-/m1/s1. The lowest BCUT2D eigenvalue weighted by Crippen LogP contribution is -2.15. The molecule has 1 rings (SSSR count). The lowest BCUT2D eigenvalue weighted by atomic mass is 10.0. The maximum absolute atomic E-state index is 5.75. The lowest BCUT2D eigenvalue weighted by molar-refractivity contribution is 0.387. The Labute approximate surface area is 97.6 Å². The second-order valence-corrected chi connectivity index (χ2v) is 4.14. The largest absolute Gasteiger partial charge is 0.496 e. The van der Waals surface area contributed by atoms with E-state index in [0.717, 1.165) is 29.9 Å². The van der Waals surface area contributed by atoms with Crippen molar-refractivity contribution >= 4 is 0 Å². The minimum atomic E-state index is 0.221. The highest BCUT2D eigenvalue weighted by atomic mass is 16.5. The van der Waals surface area contributed by atoms with Gasteiger partial charge in [-0.15, -0.1) is 0 Å². The van der Waals surface area contributed by atoms with Crippen LogP contribution in [-0.4, -0.2) is 20.3 Å². The quantitative estimate of drug-likeness (QED) is 0.833. The van der Waals surface area contributed by atoms with Crippen molar-refractivity contribution in [1.29, 1.82) is 0 Å². The summed E-state index contributed by atoms with van der Waals surface area (Å²) >= 11 is 0. The Morgan fingerprint density at radius 2 is 1.69 bits per heavy atom. The van der Waals surface area contributed by atoms with Gasteiger partial charge in [-0.1, -0.05) is 0 Å². The Bertz CT molecular complexity index is 323. The Kier molecular flexibility index (Phi) is 4.62. The maximum atomic E-state index is 5.75. The molecule has 0 heterocycles. The fraction of sp³-hybridized carbons (Fsp3) is 0.538. The van der Waals surface area contributed by atoms with Crippen LogP contribution < -0.4 is 15.2 Å². The smallest absolute Gasteiger partial charge is 0.125 e. The summed E-state index contributed by atoms with van der Waals surface area (Å²) in [4.78, 5) is 0. The molecular weight excluding hydrogens is 202 g/mol. The Hall–Kier alpha value is -1.22. The van der Waals surface area contributed by atoms with E-state index < -0.39 is 0 Å². The van der Waals surface area contributed by atoms with Crippen LogP contribution in [0.4, 0.5) is 0 Å². The third-order valence-electron chi connectivity index (χ3n) is 2.70. The summed E-state index contributed by atoms with van der Waals surface area (Å²) in [5.74, 6) is 1.75. The van der Waals surface area contributed by atoms with Crippen molar-refractivity contribution in [2.24, 2.45) is 5.73 Å². The van der Waals surface area contributed by atoms with Crippen LogP contribution in [0.25, 0.3) is 0 Å². The fourth-order valence-corrected chi connectivity index (χ4v) is 1.68. The van der Waals surface area contributed by atoms with Gasteiger partial charge in [0.25, 0.3) is 0 Å². The number of hydrogen-bond donors (Lipinski definition) is 1. The second-order valence-electron chi connectivity index (χ2n) is 4.14. The van der Waals surface area contributed by atoms with Crippen LogP contribution in [0.2, 0.25) is 0 Å². The van der Waals surface area contributed by atoms with Crippen LogP contribution in [0.3, 0.4) is 0 Å². The Balaban J connectivity index is 2.93. The van der Waals surface area contributed by atoms with Gasteiger partial charge in [0.2, 0.25) is 0 Å². The van der Waals surface area contributed by atoms with Crippen LogP contribution in [0.5, 0.6) is 11.5 Å². The monoisotopic (exact) mass is 223 g/mol. The number of aryl methyl sites for hydroxylation is 1. The zero-order valence-corrected chi connectivity index (χ0v) is 10.5. The topological polar surface area (TPSA) is 44.5 Å². The van der Waals surface area contributed by atoms with Crippen molar-refractivity contribution in [2.45, 2.75) is 32.7 Å². The molecule has 0 aliphatic carbocycles. The zero-order chi connectivity index (χ0) is 12.1. The summed E-state index contributed by atoms with van der Waals surface area (Å²) in [5, 5.41) is 0. The second kappa shape index (κ2) is 5.75. The minimum absolute atomic E-state index is 0.221. The SMILES string of the molecule is COc1cc(CC[C@@H](C)N)cc(OC)c1C. The molecule has 0 aliphatic heterocycles. The summed E-state index contributed by atoms with van der Waals surface area (Å²) in [5.41, 5.74) is 7.99. The molecule has 0 saturated carbocycles. The van der Waals surface area contributed by atoms with Crippen molar-refractivity contribution in [3.8, 4) is 11.5 Å². The minimum Gasteiger partial charge on any atom is -0.496 e. The van der Waals surface area contributed by atoms with Gasteiger partial charge < -0.3 is 15.2 Å². The van der Waals surface area contributed by atoms with Crippen LogP contribution >= 0.6 is 0 Å². The van der Waals surface area contributed by atoms with E-state index in [-0.39, 0.29) is 6.04 Å². The van der Waals surface area contributed by atoms with Gasteiger partial charge in [-0.2, -0.15) is 0 Å². The first kappa shape index (κ1) is 12.8. The van der Waals surface area contributed by atoms with Gasteiger partial charge >= 0.3 is 0 Å².